The molecule has 0 radical (unpaired) electrons. The fourth-order valence-corrected chi connectivity index (χ4v) is 0.607. The van der Waals surface area contributed by atoms with E-state index in [1.807, 2.05) is 0 Å². The van der Waals surface area contributed by atoms with Gasteiger partial charge in [-0.1, -0.05) is 0 Å². The lowest BCUT2D eigenvalue weighted by Gasteiger charge is -2.07. The van der Waals surface area contributed by atoms with Crippen LogP contribution in [0.25, 0.3) is 0 Å². The van der Waals surface area contributed by atoms with Gasteiger partial charge in [-0.25, -0.2) is 19.2 Å². The largest absolute Gasteiger partial charge is 0.350 e. The minimum Gasteiger partial charge on any atom is -0.350 e. The van der Waals surface area contributed by atoms with Crippen molar-refractivity contribution in [3.63, 3.8) is 0 Å². The summed E-state index contributed by atoms with van der Waals surface area (Å²) in [6.45, 7) is 0. The van der Waals surface area contributed by atoms with Crippen molar-refractivity contribution in [2.75, 3.05) is 4.42 Å². The van der Waals surface area contributed by atoms with Gasteiger partial charge >= 0.3 is 6.03 Å². The molecule has 11 heavy (non-hydrogen) atoms. The first-order valence-electron chi connectivity index (χ1n) is 2.72. The second-order valence-corrected chi connectivity index (χ2v) is 2.05. The number of carbonyl (C=O) groups excluding carboxylic acids is 1. The van der Waals surface area contributed by atoms with Crippen molar-refractivity contribution in [3.05, 3.63) is 18.7 Å². The molecule has 1 aromatic rings. The zero-order chi connectivity index (χ0) is 8.27. The maximum Gasteiger partial charge on any atom is 0.334 e. The monoisotopic (exact) mass is 172 g/mol. The van der Waals surface area contributed by atoms with Crippen molar-refractivity contribution < 1.29 is 4.79 Å². The van der Waals surface area contributed by atoms with Crippen LogP contribution < -0.4 is 10.2 Å². The molecule has 2 N–H and O–H groups in total. The molecule has 0 spiro atoms. The van der Waals surface area contributed by atoms with E-state index in [1.54, 1.807) is 0 Å². The highest BCUT2D eigenvalue weighted by atomic mass is 35.5. The number of nitrogens with two attached hydrogens (primary N) is 1. The highest BCUT2D eigenvalue weighted by molar-refractivity contribution is 6.36. The molecule has 0 saturated heterocycles. The summed E-state index contributed by atoms with van der Waals surface area (Å²) in [6, 6.07) is -0.763. The molecule has 2 amide bonds. The third-order valence-corrected chi connectivity index (χ3v) is 1.33. The Balaban J connectivity index is 2.85. The molecule has 1 heterocycles. The fourth-order valence-electron chi connectivity index (χ4n) is 0.520. The minimum atomic E-state index is -0.763. The van der Waals surface area contributed by atoms with E-state index in [0.29, 0.717) is 5.69 Å². The van der Waals surface area contributed by atoms with E-state index in [4.69, 9.17) is 17.5 Å². The number of amides is 2. The third kappa shape index (κ3) is 1.78. The molecule has 58 valence electrons. The average Bonchev–Trinajstić information content (AvgIpc) is 2.05. The summed E-state index contributed by atoms with van der Waals surface area (Å²) in [7, 11) is 0. The molecule has 0 unspecified atom stereocenters. The Kier molecular flexibility index (Phi) is 2.22. The molecule has 0 aliphatic heterocycles. The zero-order valence-electron chi connectivity index (χ0n) is 5.44. The minimum absolute atomic E-state index is 0.349. The first-order valence-corrected chi connectivity index (χ1v) is 3.06. The van der Waals surface area contributed by atoms with Crippen molar-refractivity contribution in [2.24, 2.45) is 5.73 Å². The van der Waals surface area contributed by atoms with E-state index in [0.717, 1.165) is 4.42 Å². The Morgan fingerprint density at radius 2 is 2.09 bits per heavy atom. The van der Waals surface area contributed by atoms with Crippen LogP contribution in [0.4, 0.5) is 10.5 Å². The number of carbonyl (C=O) groups is 1. The van der Waals surface area contributed by atoms with Crippen LogP contribution in [0.3, 0.4) is 0 Å². The standard InChI is InChI=1S/C5H5ClN4O/c6-10(5(7)11)4-1-8-3-9-2-4/h1-3H,(H2,7,11). The van der Waals surface area contributed by atoms with Gasteiger partial charge in [0, 0.05) is 11.8 Å². The second kappa shape index (κ2) is 3.16. The Bertz CT molecular complexity index is 252. The quantitative estimate of drug-likeness (QED) is 0.628. The van der Waals surface area contributed by atoms with Crippen molar-refractivity contribution in [3.8, 4) is 0 Å². The third-order valence-electron chi connectivity index (χ3n) is 0.967. The second-order valence-electron chi connectivity index (χ2n) is 1.72. The van der Waals surface area contributed by atoms with Gasteiger partial charge in [-0.3, -0.25) is 0 Å². The van der Waals surface area contributed by atoms with E-state index >= 15 is 0 Å². The highest BCUT2D eigenvalue weighted by Crippen LogP contribution is 2.11. The Labute approximate surface area is 67.9 Å². The molecule has 0 aliphatic carbocycles. The van der Waals surface area contributed by atoms with E-state index in [2.05, 4.69) is 9.97 Å². The van der Waals surface area contributed by atoms with Gasteiger partial charge in [-0.15, -0.1) is 0 Å². The van der Waals surface area contributed by atoms with Crippen LogP contribution in [-0.2, 0) is 0 Å². The Morgan fingerprint density at radius 3 is 2.55 bits per heavy atom. The smallest absolute Gasteiger partial charge is 0.334 e. The van der Waals surface area contributed by atoms with Crippen LogP contribution in [0, 0.1) is 0 Å². The topological polar surface area (TPSA) is 72.1 Å². The van der Waals surface area contributed by atoms with E-state index < -0.39 is 6.03 Å². The number of primary amides is 1. The predicted octanol–water partition coefficient (Wildman–Crippen LogP) is 0.516. The number of urea groups is 1. The number of halogens is 1. The summed E-state index contributed by atoms with van der Waals surface area (Å²) in [6.07, 6.45) is 4.09. The fraction of sp³-hybridized carbons (Fsp3) is 0. The summed E-state index contributed by atoms with van der Waals surface area (Å²) < 4.78 is 0.736. The summed E-state index contributed by atoms with van der Waals surface area (Å²) >= 11 is 5.42. The highest BCUT2D eigenvalue weighted by Gasteiger charge is 2.07. The van der Waals surface area contributed by atoms with Crippen molar-refractivity contribution in [2.45, 2.75) is 0 Å². The number of hydrogen-bond donors (Lipinski definition) is 1. The normalized spacial score (nSPS) is 9.18. The average molecular weight is 173 g/mol. The summed E-state index contributed by atoms with van der Waals surface area (Å²) in [4.78, 5) is 17.7. The van der Waals surface area contributed by atoms with Crippen molar-refractivity contribution >= 4 is 23.5 Å². The predicted molar refractivity (Wildman–Crippen MR) is 39.9 cm³/mol. The maximum atomic E-state index is 10.5. The lowest BCUT2D eigenvalue weighted by Crippen LogP contribution is -2.27. The first-order chi connectivity index (χ1) is 5.22. The summed E-state index contributed by atoms with van der Waals surface area (Å²) in [5.41, 5.74) is 5.22. The van der Waals surface area contributed by atoms with E-state index in [1.165, 1.54) is 18.7 Å². The van der Waals surface area contributed by atoms with Gasteiger partial charge in [0.2, 0.25) is 0 Å². The molecule has 0 aromatic carbocycles. The summed E-state index contributed by atoms with van der Waals surface area (Å²) in [5.74, 6) is 0. The molecule has 0 atom stereocenters. The SMILES string of the molecule is NC(=O)N(Cl)c1cncnc1. The van der Waals surface area contributed by atoms with Gasteiger partial charge in [-0.05, 0) is 0 Å². The van der Waals surface area contributed by atoms with Crippen LogP contribution in [-0.4, -0.2) is 16.0 Å². The molecule has 5 nitrogen and oxygen atoms in total. The molecule has 6 heteroatoms. The molecular weight excluding hydrogens is 168 g/mol. The van der Waals surface area contributed by atoms with Crippen molar-refractivity contribution in [1.29, 1.82) is 0 Å². The van der Waals surface area contributed by atoms with Crippen LogP contribution in [0.5, 0.6) is 0 Å². The van der Waals surface area contributed by atoms with Gasteiger partial charge < -0.3 is 5.73 Å². The van der Waals surface area contributed by atoms with Gasteiger partial charge in [-0.2, -0.15) is 0 Å². The first kappa shape index (κ1) is 7.74. The zero-order valence-corrected chi connectivity index (χ0v) is 6.19. The number of aromatic nitrogens is 2. The lowest BCUT2D eigenvalue weighted by atomic mass is 10.5. The van der Waals surface area contributed by atoms with Gasteiger partial charge in [0.05, 0.1) is 18.1 Å². The number of rotatable bonds is 1. The lowest BCUT2D eigenvalue weighted by molar-refractivity contribution is 0.257. The van der Waals surface area contributed by atoms with Gasteiger partial charge in [0.15, 0.2) is 0 Å². The molecule has 0 bridgehead atoms. The van der Waals surface area contributed by atoms with Crippen LogP contribution in [0.2, 0.25) is 0 Å². The maximum absolute atomic E-state index is 10.5. The van der Waals surface area contributed by atoms with Crippen LogP contribution in [0.1, 0.15) is 0 Å². The Morgan fingerprint density at radius 1 is 1.55 bits per heavy atom. The Hall–Kier alpha value is -1.36. The molecular formula is C5H5ClN4O. The van der Waals surface area contributed by atoms with Crippen molar-refractivity contribution in [1.82, 2.24) is 9.97 Å². The summed E-state index contributed by atoms with van der Waals surface area (Å²) in [5, 5.41) is 0. The molecule has 1 aromatic heterocycles. The molecule has 0 saturated carbocycles. The van der Waals surface area contributed by atoms with E-state index in [9.17, 15) is 4.79 Å². The number of anilines is 1. The van der Waals surface area contributed by atoms with E-state index in [-0.39, 0.29) is 0 Å². The van der Waals surface area contributed by atoms with Gasteiger partial charge in [0.25, 0.3) is 0 Å². The molecule has 0 fully saturated rings. The number of hydrogen-bond acceptors (Lipinski definition) is 3. The van der Waals surface area contributed by atoms with Gasteiger partial charge in [0.1, 0.15) is 6.33 Å². The molecule has 1 rings (SSSR count). The number of nitrogens with zero attached hydrogens (tertiary/aromatic N) is 3. The van der Waals surface area contributed by atoms with Crippen LogP contribution in [0.15, 0.2) is 18.7 Å². The van der Waals surface area contributed by atoms with Crippen LogP contribution >= 0.6 is 11.8 Å². The molecule has 0 aliphatic rings.